The molecule has 3 heterocycles. The topological polar surface area (TPSA) is 56.2 Å². The molecule has 0 aliphatic carbocycles. The number of aryl methyl sites for hydroxylation is 1. The molecule has 2 aliphatic rings. The molecule has 44 heavy (non-hydrogen) atoms. The SMILES string of the molecule is CC(C)(C)N1CCOCC1.CC(C)(C)NCc1ccco1.CN1CCN(C(C)(C)C)CC1.Cc1ccc(NC(C)(C)C)cc1. The maximum absolute atomic E-state index is 5.25. The van der Waals surface area contributed by atoms with Gasteiger partial charge in [0.1, 0.15) is 5.76 Å². The Balaban J connectivity index is 0.000000294. The molecule has 0 saturated carbocycles. The normalized spacial score (nSPS) is 17.3. The third-order valence-corrected chi connectivity index (χ3v) is 7.36. The van der Waals surface area contributed by atoms with Crippen LogP contribution in [0.25, 0.3) is 0 Å². The van der Waals surface area contributed by atoms with Gasteiger partial charge in [0, 0.05) is 67.1 Å². The van der Waals surface area contributed by atoms with Gasteiger partial charge in [-0.15, -0.1) is 0 Å². The second-order valence-electron chi connectivity index (χ2n) is 16.2. The number of ether oxygens (including phenoxy) is 1. The predicted octanol–water partition coefficient (Wildman–Crippen LogP) is 7.52. The first-order chi connectivity index (χ1) is 20.2. The van der Waals surface area contributed by atoms with E-state index in [0.29, 0.717) is 11.1 Å². The van der Waals surface area contributed by atoms with Gasteiger partial charge in [0.05, 0.1) is 26.0 Å². The van der Waals surface area contributed by atoms with Gasteiger partial charge < -0.3 is 24.7 Å². The van der Waals surface area contributed by atoms with Crippen LogP contribution in [0.3, 0.4) is 0 Å². The van der Waals surface area contributed by atoms with Crippen molar-refractivity contribution in [3.05, 3.63) is 54.0 Å². The summed E-state index contributed by atoms with van der Waals surface area (Å²) in [4.78, 5) is 7.39. The summed E-state index contributed by atoms with van der Waals surface area (Å²) in [7, 11) is 2.19. The van der Waals surface area contributed by atoms with Gasteiger partial charge in [0.15, 0.2) is 0 Å². The van der Waals surface area contributed by atoms with E-state index in [1.807, 2.05) is 12.1 Å². The minimum Gasteiger partial charge on any atom is -0.468 e. The number of anilines is 1. The molecule has 2 aromatic rings. The number of furan rings is 1. The number of nitrogens with zero attached hydrogens (tertiary/aromatic N) is 3. The number of morpholine rings is 1. The van der Waals surface area contributed by atoms with E-state index in [-0.39, 0.29) is 11.1 Å². The van der Waals surface area contributed by atoms with Crippen molar-refractivity contribution >= 4 is 5.69 Å². The largest absolute Gasteiger partial charge is 0.468 e. The average Bonchev–Trinajstić information content (AvgIpc) is 3.43. The molecule has 0 spiro atoms. The number of rotatable bonds is 3. The molecular weight excluding hydrogens is 546 g/mol. The molecule has 0 bridgehead atoms. The molecule has 2 saturated heterocycles. The lowest BCUT2D eigenvalue weighted by Crippen LogP contribution is -2.52. The van der Waals surface area contributed by atoms with Gasteiger partial charge in [0.2, 0.25) is 0 Å². The van der Waals surface area contributed by atoms with Crippen molar-refractivity contribution in [2.75, 3.05) is 64.8 Å². The van der Waals surface area contributed by atoms with E-state index in [9.17, 15) is 0 Å². The molecule has 7 heteroatoms. The quantitative estimate of drug-likeness (QED) is 0.370. The fourth-order valence-corrected chi connectivity index (χ4v) is 4.55. The number of likely N-dealkylation sites (N-methyl/N-ethyl adjacent to an activating group) is 1. The van der Waals surface area contributed by atoms with E-state index in [1.54, 1.807) is 6.26 Å². The second-order valence-corrected chi connectivity index (χ2v) is 16.2. The Bertz CT molecular complexity index is 979. The van der Waals surface area contributed by atoms with Gasteiger partial charge in [-0.25, -0.2) is 0 Å². The molecule has 7 nitrogen and oxygen atoms in total. The molecular formula is C37H69N5O2. The molecule has 1 aromatic carbocycles. The van der Waals surface area contributed by atoms with Gasteiger partial charge in [-0.3, -0.25) is 9.80 Å². The van der Waals surface area contributed by atoms with Crippen LogP contribution in [0, 0.1) is 6.92 Å². The van der Waals surface area contributed by atoms with E-state index in [1.165, 1.54) is 37.4 Å². The zero-order valence-corrected chi connectivity index (χ0v) is 31.1. The van der Waals surface area contributed by atoms with Crippen LogP contribution < -0.4 is 10.6 Å². The minimum absolute atomic E-state index is 0.148. The Morgan fingerprint density at radius 2 is 1.16 bits per heavy atom. The highest BCUT2D eigenvalue weighted by Gasteiger charge is 2.24. The van der Waals surface area contributed by atoms with Gasteiger partial charge in [-0.1, -0.05) is 17.7 Å². The summed E-state index contributed by atoms with van der Waals surface area (Å²) in [5.74, 6) is 0.986. The third-order valence-electron chi connectivity index (χ3n) is 7.36. The summed E-state index contributed by atoms with van der Waals surface area (Å²) in [6.07, 6.45) is 1.69. The molecule has 2 fully saturated rings. The highest BCUT2D eigenvalue weighted by molar-refractivity contribution is 5.46. The fraction of sp³-hybridized carbons (Fsp3) is 0.730. The Kier molecular flexibility index (Phi) is 16.7. The van der Waals surface area contributed by atoms with Crippen LogP contribution in [0.4, 0.5) is 5.69 Å². The highest BCUT2D eigenvalue weighted by atomic mass is 16.5. The fourth-order valence-electron chi connectivity index (χ4n) is 4.55. The molecule has 0 atom stereocenters. The number of hydrogen-bond acceptors (Lipinski definition) is 7. The average molecular weight is 616 g/mol. The number of nitrogens with one attached hydrogen (secondary N) is 2. The standard InChI is InChI=1S/C11H17N.C9H20N2.C9H15NO.C8H17NO/c1-9-5-7-10(8-6-9)12-11(2,3)4;1-9(2,3)11-7-5-10(4)6-8-11;1-9(2,3)10-7-8-5-4-6-11-8;1-8(2,3)9-4-6-10-7-5-9/h5-8,12H,1-4H3;5-8H2,1-4H3;4-6,10H,7H2,1-3H3;4-7H2,1-3H3. The lowest BCUT2D eigenvalue weighted by atomic mass is 10.1. The summed E-state index contributed by atoms with van der Waals surface area (Å²) < 4.78 is 10.4. The highest BCUT2D eigenvalue weighted by Crippen LogP contribution is 2.16. The Hall–Kier alpha value is -1.90. The molecule has 1 aromatic heterocycles. The van der Waals surface area contributed by atoms with Gasteiger partial charge in [0.25, 0.3) is 0 Å². The van der Waals surface area contributed by atoms with Crippen LogP contribution in [0.2, 0.25) is 0 Å². The van der Waals surface area contributed by atoms with Crippen LogP contribution in [0.5, 0.6) is 0 Å². The first kappa shape index (κ1) is 40.1. The molecule has 254 valence electrons. The van der Waals surface area contributed by atoms with Crippen molar-refractivity contribution < 1.29 is 9.15 Å². The van der Waals surface area contributed by atoms with Crippen LogP contribution in [-0.4, -0.2) is 96.4 Å². The van der Waals surface area contributed by atoms with Crippen LogP contribution in [-0.2, 0) is 11.3 Å². The molecule has 4 rings (SSSR count). The summed E-state index contributed by atoms with van der Waals surface area (Å²) in [5, 5.41) is 6.74. The zero-order valence-electron chi connectivity index (χ0n) is 31.1. The van der Waals surface area contributed by atoms with Crippen molar-refractivity contribution in [3.8, 4) is 0 Å². The lowest BCUT2D eigenvalue weighted by molar-refractivity contribution is -0.00389. The van der Waals surface area contributed by atoms with Crippen molar-refractivity contribution in [1.82, 2.24) is 20.0 Å². The zero-order chi connectivity index (χ0) is 33.6. The van der Waals surface area contributed by atoms with E-state index in [0.717, 1.165) is 38.6 Å². The van der Waals surface area contributed by atoms with Gasteiger partial charge in [-0.05, 0) is 121 Å². The minimum atomic E-state index is 0.148. The van der Waals surface area contributed by atoms with Gasteiger partial charge >= 0.3 is 0 Å². The second kappa shape index (κ2) is 18.3. The van der Waals surface area contributed by atoms with Crippen molar-refractivity contribution in [1.29, 1.82) is 0 Å². The predicted molar refractivity (Wildman–Crippen MR) is 191 cm³/mol. The summed E-state index contributed by atoms with van der Waals surface area (Å²) >= 11 is 0. The van der Waals surface area contributed by atoms with E-state index < -0.39 is 0 Å². The van der Waals surface area contributed by atoms with Crippen molar-refractivity contribution in [3.63, 3.8) is 0 Å². The number of piperazine rings is 1. The monoisotopic (exact) mass is 616 g/mol. The molecule has 0 amide bonds. The van der Waals surface area contributed by atoms with E-state index >= 15 is 0 Å². The summed E-state index contributed by atoms with van der Waals surface area (Å²) in [5.41, 5.74) is 3.48. The van der Waals surface area contributed by atoms with E-state index in [2.05, 4.69) is 147 Å². The smallest absolute Gasteiger partial charge is 0.117 e. The Labute approximate surface area is 272 Å². The first-order valence-corrected chi connectivity index (χ1v) is 16.5. The first-order valence-electron chi connectivity index (χ1n) is 16.5. The third kappa shape index (κ3) is 19.5. The lowest BCUT2D eigenvalue weighted by Gasteiger charge is -2.41. The molecule has 2 aliphatic heterocycles. The maximum Gasteiger partial charge on any atom is 0.117 e. The molecule has 0 radical (unpaired) electrons. The van der Waals surface area contributed by atoms with Gasteiger partial charge in [-0.2, -0.15) is 0 Å². The Morgan fingerprint density at radius 1 is 0.659 bits per heavy atom. The van der Waals surface area contributed by atoms with Crippen molar-refractivity contribution in [2.24, 2.45) is 0 Å². The van der Waals surface area contributed by atoms with Crippen molar-refractivity contribution in [2.45, 2.75) is 119 Å². The Morgan fingerprint density at radius 3 is 1.55 bits per heavy atom. The number of hydrogen-bond donors (Lipinski definition) is 2. The van der Waals surface area contributed by atoms with Crippen LogP contribution >= 0.6 is 0 Å². The van der Waals surface area contributed by atoms with Crippen LogP contribution in [0.1, 0.15) is 94.4 Å². The molecule has 0 unspecified atom stereocenters. The molecule has 2 N–H and O–H groups in total. The van der Waals surface area contributed by atoms with Crippen LogP contribution in [0.15, 0.2) is 47.1 Å². The maximum atomic E-state index is 5.25. The summed E-state index contributed by atoms with van der Waals surface area (Å²) in [6.45, 7) is 38.3. The summed E-state index contributed by atoms with van der Waals surface area (Å²) in [6, 6.07) is 12.3. The number of benzene rings is 1. The van der Waals surface area contributed by atoms with E-state index in [4.69, 9.17) is 9.15 Å².